The average Bonchev–Trinajstić information content (AvgIpc) is 3.50. The number of rotatable bonds is 9. The van der Waals surface area contributed by atoms with Crippen LogP contribution in [0.2, 0.25) is 0 Å². The number of hydrogen-bond donors (Lipinski definition) is 1. The molecule has 2 aromatic heterocycles. The topological polar surface area (TPSA) is 94.4 Å². The first-order valence-electron chi connectivity index (χ1n) is 15.6. The summed E-state index contributed by atoms with van der Waals surface area (Å²) in [6, 6.07) is 25.9. The zero-order valence-corrected chi connectivity index (χ0v) is 25.5. The van der Waals surface area contributed by atoms with Crippen LogP contribution in [0.4, 0.5) is 11.5 Å². The quantitative estimate of drug-likeness (QED) is 0.0667. The standard InChI is InChI=1S/C37H34N6O3/c44-35(14-6-1-2-9-17-42-18-20-45-21-19-42)46-29-15-16-33-32(23-29)37(39-26-38-33)40-34-22-28-25-43(24-27-10-4-3-5-11-27)41-36(28)31-13-8-7-12-30(31)34/h3-5,7-8,10-13,15-16,22-23,25-26H,1-2,9,17-21,24H2,(H,38,39,40). The summed E-state index contributed by atoms with van der Waals surface area (Å²) < 4.78 is 13.0. The lowest BCUT2D eigenvalue weighted by molar-refractivity contribution is -0.128. The Morgan fingerprint density at radius 1 is 0.913 bits per heavy atom. The summed E-state index contributed by atoms with van der Waals surface area (Å²) in [6.45, 7) is 5.30. The third kappa shape index (κ3) is 6.84. The number of fused-ring (bicyclic) bond motifs is 4. The number of carbonyl (C=O) groups is 1. The number of nitrogens with one attached hydrogen (secondary N) is 1. The van der Waals surface area contributed by atoms with Crippen LogP contribution in [-0.4, -0.2) is 63.5 Å². The Kier molecular flexibility index (Phi) is 8.81. The predicted molar refractivity (Wildman–Crippen MR) is 180 cm³/mol. The first-order valence-corrected chi connectivity index (χ1v) is 15.6. The highest BCUT2D eigenvalue weighted by atomic mass is 16.5. The van der Waals surface area contributed by atoms with Gasteiger partial charge in [0.2, 0.25) is 0 Å². The summed E-state index contributed by atoms with van der Waals surface area (Å²) in [6.07, 6.45) is 6.24. The molecule has 0 unspecified atom stereocenters. The number of benzene rings is 4. The second-order valence-corrected chi connectivity index (χ2v) is 11.3. The van der Waals surface area contributed by atoms with Crippen molar-refractivity contribution in [2.75, 3.05) is 38.2 Å². The van der Waals surface area contributed by atoms with Crippen LogP contribution in [-0.2, 0) is 16.1 Å². The summed E-state index contributed by atoms with van der Waals surface area (Å²) in [5.41, 5.74) is 3.75. The molecule has 0 amide bonds. The van der Waals surface area contributed by atoms with E-state index < -0.39 is 5.97 Å². The minimum Gasteiger partial charge on any atom is -0.417 e. The van der Waals surface area contributed by atoms with Crippen LogP contribution >= 0.6 is 0 Å². The molecule has 0 aliphatic carbocycles. The first kappa shape index (κ1) is 29.4. The molecule has 0 spiro atoms. The van der Waals surface area contributed by atoms with Crippen molar-refractivity contribution in [3.8, 4) is 17.6 Å². The minimum atomic E-state index is -0.581. The van der Waals surface area contributed by atoms with E-state index in [1.54, 1.807) is 12.1 Å². The van der Waals surface area contributed by atoms with Gasteiger partial charge in [0.15, 0.2) is 0 Å². The van der Waals surface area contributed by atoms with E-state index in [1.165, 1.54) is 11.9 Å². The molecule has 0 saturated carbocycles. The molecular formula is C37H34N6O3. The molecule has 7 rings (SSSR count). The highest BCUT2D eigenvalue weighted by molar-refractivity contribution is 6.12. The predicted octanol–water partition coefficient (Wildman–Crippen LogP) is 6.34. The Bertz CT molecular complexity index is 2060. The maximum Gasteiger partial charge on any atom is 0.389 e. The van der Waals surface area contributed by atoms with Gasteiger partial charge in [-0.3, -0.25) is 9.58 Å². The normalized spacial score (nSPS) is 13.5. The zero-order chi connectivity index (χ0) is 31.1. The number of nitrogens with zero attached hydrogens (tertiary/aromatic N) is 5. The maximum absolute atomic E-state index is 12.5. The molecular weight excluding hydrogens is 576 g/mol. The van der Waals surface area contributed by atoms with Gasteiger partial charge >= 0.3 is 5.97 Å². The summed E-state index contributed by atoms with van der Waals surface area (Å²) in [5, 5.41) is 12.3. The molecule has 3 heterocycles. The molecule has 9 heteroatoms. The number of carbonyl (C=O) groups excluding carboxylic acids is 1. The van der Waals surface area contributed by atoms with Gasteiger partial charge in [0.1, 0.15) is 23.4 Å². The van der Waals surface area contributed by atoms with Crippen molar-refractivity contribution in [1.82, 2.24) is 24.6 Å². The largest absolute Gasteiger partial charge is 0.417 e. The van der Waals surface area contributed by atoms with Crippen LogP contribution in [0, 0.1) is 11.8 Å². The van der Waals surface area contributed by atoms with Gasteiger partial charge in [-0.25, -0.2) is 14.8 Å². The van der Waals surface area contributed by atoms with Crippen molar-refractivity contribution < 1.29 is 14.3 Å². The molecule has 0 atom stereocenters. The molecule has 1 saturated heterocycles. The number of ether oxygens (including phenoxy) is 2. The molecule has 4 aromatic carbocycles. The first-order chi connectivity index (χ1) is 22.7. The van der Waals surface area contributed by atoms with Crippen LogP contribution < -0.4 is 10.1 Å². The van der Waals surface area contributed by atoms with Crippen LogP contribution in [0.1, 0.15) is 24.8 Å². The Hall–Kier alpha value is -5.30. The highest BCUT2D eigenvalue weighted by Crippen LogP contribution is 2.34. The number of hydrogen-bond acceptors (Lipinski definition) is 8. The molecule has 9 nitrogen and oxygen atoms in total. The van der Waals surface area contributed by atoms with Crippen LogP contribution in [0.25, 0.3) is 32.6 Å². The monoisotopic (exact) mass is 610 g/mol. The minimum absolute atomic E-state index is 0.388. The van der Waals surface area contributed by atoms with Gasteiger partial charge in [0.25, 0.3) is 0 Å². The molecule has 46 heavy (non-hydrogen) atoms. The van der Waals surface area contributed by atoms with Gasteiger partial charge in [-0.2, -0.15) is 5.10 Å². The van der Waals surface area contributed by atoms with E-state index in [-0.39, 0.29) is 0 Å². The lowest BCUT2D eigenvalue weighted by Gasteiger charge is -2.26. The van der Waals surface area contributed by atoms with Gasteiger partial charge < -0.3 is 14.8 Å². The molecule has 1 aliphatic rings. The fourth-order valence-electron chi connectivity index (χ4n) is 5.83. The number of esters is 1. The lowest BCUT2D eigenvalue weighted by atomic mass is 10.1. The number of anilines is 2. The highest BCUT2D eigenvalue weighted by Gasteiger charge is 2.14. The fraction of sp³-hybridized carbons (Fsp3) is 0.243. The molecule has 1 fully saturated rings. The Balaban J connectivity index is 1.08. The summed E-state index contributed by atoms with van der Waals surface area (Å²) in [7, 11) is 0. The number of aromatic nitrogens is 4. The molecule has 1 N–H and O–H groups in total. The van der Waals surface area contributed by atoms with Gasteiger partial charge in [-0.15, -0.1) is 0 Å². The van der Waals surface area contributed by atoms with E-state index in [0.717, 1.165) is 84.0 Å². The SMILES string of the molecule is O=C(C#CCCCCN1CCOCC1)Oc1ccc2ncnc(Nc3cc4cn(Cc5ccccc5)nc4c4ccccc34)c2c1. The number of morpholine rings is 1. The Morgan fingerprint density at radius 3 is 2.61 bits per heavy atom. The van der Waals surface area contributed by atoms with Crippen molar-refractivity contribution in [3.05, 3.63) is 97.0 Å². The molecule has 0 bridgehead atoms. The van der Waals surface area contributed by atoms with Crippen molar-refractivity contribution >= 4 is 50.1 Å². The Labute approximate surface area is 267 Å². The zero-order valence-electron chi connectivity index (χ0n) is 25.5. The second kappa shape index (κ2) is 13.8. The second-order valence-electron chi connectivity index (χ2n) is 11.3. The van der Waals surface area contributed by atoms with Crippen LogP contribution in [0.3, 0.4) is 0 Å². The molecule has 1 aliphatic heterocycles. The van der Waals surface area contributed by atoms with E-state index in [4.69, 9.17) is 14.6 Å². The average molecular weight is 611 g/mol. The van der Waals surface area contributed by atoms with E-state index in [9.17, 15) is 4.79 Å². The van der Waals surface area contributed by atoms with E-state index >= 15 is 0 Å². The van der Waals surface area contributed by atoms with E-state index in [0.29, 0.717) is 24.5 Å². The van der Waals surface area contributed by atoms with Crippen LogP contribution in [0.5, 0.6) is 5.75 Å². The van der Waals surface area contributed by atoms with Crippen molar-refractivity contribution in [2.45, 2.75) is 25.8 Å². The molecule has 0 radical (unpaired) electrons. The number of unbranched alkanes of at least 4 members (excludes halogenated alkanes) is 2. The third-order valence-corrected chi connectivity index (χ3v) is 8.14. The van der Waals surface area contributed by atoms with Crippen molar-refractivity contribution in [3.63, 3.8) is 0 Å². The van der Waals surface area contributed by atoms with Gasteiger partial charge in [-0.1, -0.05) is 60.5 Å². The summed E-state index contributed by atoms with van der Waals surface area (Å²) in [5.74, 6) is 6.00. The van der Waals surface area contributed by atoms with Gasteiger partial charge in [0, 0.05) is 58.9 Å². The fourth-order valence-corrected chi connectivity index (χ4v) is 5.83. The Morgan fingerprint density at radius 2 is 1.74 bits per heavy atom. The van der Waals surface area contributed by atoms with Gasteiger partial charge in [-0.05, 0) is 49.2 Å². The molecule has 230 valence electrons. The van der Waals surface area contributed by atoms with Gasteiger partial charge in [0.05, 0.1) is 25.3 Å². The summed E-state index contributed by atoms with van der Waals surface area (Å²) in [4.78, 5) is 23.9. The van der Waals surface area contributed by atoms with Crippen molar-refractivity contribution in [2.24, 2.45) is 0 Å². The van der Waals surface area contributed by atoms with Crippen LogP contribution in [0.15, 0.2) is 91.4 Å². The van der Waals surface area contributed by atoms with E-state index in [2.05, 4.69) is 68.6 Å². The summed E-state index contributed by atoms with van der Waals surface area (Å²) >= 11 is 0. The third-order valence-electron chi connectivity index (χ3n) is 8.14. The lowest BCUT2D eigenvalue weighted by Crippen LogP contribution is -2.36. The maximum atomic E-state index is 12.5. The smallest absolute Gasteiger partial charge is 0.389 e. The van der Waals surface area contributed by atoms with E-state index in [1.807, 2.05) is 41.1 Å². The van der Waals surface area contributed by atoms with Crippen molar-refractivity contribution in [1.29, 1.82) is 0 Å². The molecule has 6 aromatic rings.